The molecule has 3 nitrogen and oxygen atoms in total. The van der Waals surface area contributed by atoms with Crippen LogP contribution in [0.15, 0.2) is 109 Å². The van der Waals surface area contributed by atoms with Gasteiger partial charge in [0.1, 0.15) is 5.75 Å². The van der Waals surface area contributed by atoms with E-state index >= 15 is 0 Å². The van der Waals surface area contributed by atoms with Gasteiger partial charge in [0.15, 0.2) is 0 Å². The Hall–Kier alpha value is -3.89. The highest BCUT2D eigenvalue weighted by Crippen LogP contribution is 2.49. The van der Waals surface area contributed by atoms with E-state index in [1.165, 1.54) is 0 Å². The number of fused-ring (bicyclic) bond motifs is 2. The van der Waals surface area contributed by atoms with Crippen molar-refractivity contribution in [1.82, 2.24) is 0 Å². The number of phenols is 1. The Labute approximate surface area is 196 Å². The van der Waals surface area contributed by atoms with Crippen LogP contribution in [-0.4, -0.2) is 11.0 Å². The standard InChI is InChI=1S/C29H21NO2S/c31-25-17-21-15-16-33-26(21)18-23(25)27-22-13-7-8-14-24(22)30(29(27)32)28(19-9-3-1-4-10-19)20-11-5-2-6-12-20/h1-18,27-28,31H. The SMILES string of the molecule is O=C1C(c2cc3sccc3cc2O)c2ccccc2N1C(c1ccccc1)c1ccccc1. The molecule has 5 aromatic rings. The van der Waals surface area contributed by atoms with Crippen LogP contribution in [0.2, 0.25) is 0 Å². The molecule has 33 heavy (non-hydrogen) atoms. The van der Waals surface area contributed by atoms with Gasteiger partial charge in [-0.25, -0.2) is 0 Å². The summed E-state index contributed by atoms with van der Waals surface area (Å²) in [7, 11) is 0. The van der Waals surface area contributed by atoms with Crippen molar-refractivity contribution >= 4 is 33.0 Å². The van der Waals surface area contributed by atoms with Crippen molar-refractivity contribution in [1.29, 1.82) is 0 Å². The molecule has 6 rings (SSSR count). The maximum Gasteiger partial charge on any atom is 0.240 e. The lowest BCUT2D eigenvalue weighted by atomic mass is 9.91. The number of anilines is 1. The van der Waals surface area contributed by atoms with Crippen molar-refractivity contribution < 1.29 is 9.90 Å². The molecule has 4 heteroatoms. The van der Waals surface area contributed by atoms with Crippen LogP contribution in [0.1, 0.15) is 34.2 Å². The van der Waals surface area contributed by atoms with Gasteiger partial charge in [0, 0.05) is 16.0 Å². The molecule has 0 saturated carbocycles. The predicted octanol–water partition coefficient (Wildman–Crippen LogP) is 6.88. The first-order valence-corrected chi connectivity index (χ1v) is 11.8. The first-order chi connectivity index (χ1) is 16.2. The minimum atomic E-state index is -0.553. The second kappa shape index (κ2) is 7.91. The Balaban J connectivity index is 1.55. The molecule has 1 atom stereocenters. The van der Waals surface area contributed by atoms with E-state index in [1.807, 2.05) is 83.1 Å². The van der Waals surface area contributed by atoms with Gasteiger partial charge in [0.05, 0.1) is 12.0 Å². The quantitative estimate of drug-likeness (QED) is 0.326. The average molecular weight is 448 g/mol. The van der Waals surface area contributed by atoms with Crippen molar-refractivity contribution in [2.45, 2.75) is 12.0 Å². The van der Waals surface area contributed by atoms with E-state index in [2.05, 4.69) is 24.3 Å². The number of rotatable bonds is 4. The summed E-state index contributed by atoms with van der Waals surface area (Å²) < 4.78 is 1.06. The van der Waals surface area contributed by atoms with Gasteiger partial charge in [0.25, 0.3) is 0 Å². The van der Waals surface area contributed by atoms with Gasteiger partial charge in [-0.15, -0.1) is 11.3 Å². The van der Waals surface area contributed by atoms with Crippen LogP contribution in [0.3, 0.4) is 0 Å². The Bertz CT molecular complexity index is 1420. The van der Waals surface area contributed by atoms with Gasteiger partial charge in [-0.2, -0.15) is 0 Å². The summed E-state index contributed by atoms with van der Waals surface area (Å²) in [5.41, 5.74) is 4.56. The third kappa shape index (κ3) is 3.22. The highest BCUT2D eigenvalue weighted by atomic mass is 32.1. The number of nitrogens with zero attached hydrogens (tertiary/aromatic N) is 1. The molecule has 0 aliphatic carbocycles. The molecule has 1 aliphatic rings. The van der Waals surface area contributed by atoms with Crippen LogP contribution < -0.4 is 4.90 Å². The lowest BCUT2D eigenvalue weighted by Gasteiger charge is -2.30. The second-order valence-electron chi connectivity index (χ2n) is 8.29. The minimum Gasteiger partial charge on any atom is -0.508 e. The number of aromatic hydroxyl groups is 1. The molecule has 0 bridgehead atoms. The molecule has 1 aromatic heterocycles. The van der Waals surface area contributed by atoms with Crippen LogP contribution in [-0.2, 0) is 4.79 Å². The summed E-state index contributed by atoms with van der Waals surface area (Å²) in [6.07, 6.45) is 0. The van der Waals surface area contributed by atoms with Gasteiger partial charge in [0.2, 0.25) is 5.91 Å². The van der Waals surface area contributed by atoms with E-state index in [0.717, 1.165) is 32.5 Å². The van der Waals surface area contributed by atoms with Crippen LogP contribution in [0.25, 0.3) is 10.1 Å². The highest BCUT2D eigenvalue weighted by Gasteiger charge is 2.43. The summed E-state index contributed by atoms with van der Waals surface area (Å²) in [5, 5.41) is 13.9. The number of hydrogen-bond donors (Lipinski definition) is 1. The summed E-state index contributed by atoms with van der Waals surface area (Å²) >= 11 is 1.62. The Morgan fingerprint density at radius 3 is 2.09 bits per heavy atom. The molecule has 1 aliphatic heterocycles. The highest BCUT2D eigenvalue weighted by molar-refractivity contribution is 7.17. The molecular formula is C29H21NO2S. The maximum atomic E-state index is 14.2. The third-order valence-corrected chi connectivity index (χ3v) is 7.27. The van der Waals surface area contributed by atoms with Gasteiger partial charge in [-0.05, 0) is 51.7 Å². The number of amides is 1. The smallest absolute Gasteiger partial charge is 0.240 e. The van der Waals surface area contributed by atoms with Gasteiger partial charge in [-0.1, -0.05) is 78.9 Å². The summed E-state index contributed by atoms with van der Waals surface area (Å²) in [6.45, 7) is 0. The first kappa shape index (κ1) is 19.8. The Morgan fingerprint density at radius 1 is 0.758 bits per heavy atom. The Morgan fingerprint density at radius 2 is 1.39 bits per heavy atom. The maximum absolute atomic E-state index is 14.2. The van der Waals surface area contributed by atoms with Gasteiger partial charge < -0.3 is 5.11 Å². The number of para-hydroxylation sites is 1. The zero-order chi connectivity index (χ0) is 22.4. The number of carbonyl (C=O) groups is 1. The lowest BCUT2D eigenvalue weighted by molar-refractivity contribution is -0.118. The van der Waals surface area contributed by atoms with Crippen LogP contribution in [0.5, 0.6) is 5.75 Å². The number of thiophene rings is 1. The number of phenolic OH excluding ortho intramolecular Hbond substituents is 1. The van der Waals surface area contributed by atoms with E-state index in [4.69, 9.17) is 0 Å². The first-order valence-electron chi connectivity index (χ1n) is 10.9. The normalized spacial score (nSPS) is 15.4. The topological polar surface area (TPSA) is 40.5 Å². The number of hydrogen-bond acceptors (Lipinski definition) is 3. The van der Waals surface area contributed by atoms with E-state index in [9.17, 15) is 9.90 Å². The third-order valence-electron chi connectivity index (χ3n) is 6.39. The van der Waals surface area contributed by atoms with Gasteiger partial charge in [-0.3, -0.25) is 9.69 Å². The van der Waals surface area contributed by atoms with E-state index in [-0.39, 0.29) is 17.7 Å². The summed E-state index contributed by atoms with van der Waals surface area (Å²) in [6, 6.07) is 33.7. The largest absolute Gasteiger partial charge is 0.508 e. The van der Waals surface area contributed by atoms with Crippen LogP contribution in [0, 0.1) is 0 Å². The molecule has 0 saturated heterocycles. The average Bonchev–Trinajstić information content (AvgIpc) is 3.42. The molecule has 160 valence electrons. The molecule has 0 radical (unpaired) electrons. The molecule has 1 unspecified atom stereocenters. The molecule has 4 aromatic carbocycles. The summed E-state index contributed by atoms with van der Waals surface area (Å²) in [5.74, 6) is -0.422. The minimum absolute atomic E-state index is 0.0277. The van der Waals surface area contributed by atoms with Crippen LogP contribution >= 0.6 is 11.3 Å². The van der Waals surface area contributed by atoms with Crippen molar-refractivity contribution in [3.8, 4) is 5.75 Å². The van der Waals surface area contributed by atoms with Gasteiger partial charge >= 0.3 is 0 Å². The molecule has 0 fully saturated rings. The second-order valence-corrected chi connectivity index (χ2v) is 9.24. The molecular weight excluding hydrogens is 426 g/mol. The van der Waals surface area contributed by atoms with Crippen LogP contribution in [0.4, 0.5) is 5.69 Å². The van der Waals surface area contributed by atoms with Crippen molar-refractivity contribution in [2.24, 2.45) is 0 Å². The van der Waals surface area contributed by atoms with E-state index in [0.29, 0.717) is 5.56 Å². The molecule has 2 heterocycles. The lowest BCUT2D eigenvalue weighted by Crippen LogP contribution is -2.34. The van der Waals surface area contributed by atoms with Crippen molar-refractivity contribution in [3.05, 3.63) is 131 Å². The summed E-state index contributed by atoms with van der Waals surface area (Å²) in [4.78, 5) is 16.1. The zero-order valence-electron chi connectivity index (χ0n) is 17.8. The fourth-order valence-corrected chi connectivity index (χ4v) is 5.73. The van der Waals surface area contributed by atoms with E-state index < -0.39 is 5.92 Å². The fourth-order valence-electron chi connectivity index (χ4n) is 4.91. The number of benzene rings is 4. The molecule has 0 spiro atoms. The number of carbonyl (C=O) groups excluding carboxylic acids is 1. The van der Waals surface area contributed by atoms with E-state index in [1.54, 1.807) is 17.4 Å². The molecule has 1 amide bonds. The molecule has 1 N–H and O–H groups in total. The Kier molecular flexibility index (Phi) is 4.74. The van der Waals surface area contributed by atoms with Crippen molar-refractivity contribution in [3.63, 3.8) is 0 Å². The fraction of sp³-hybridized carbons (Fsp3) is 0.0690. The van der Waals surface area contributed by atoms with Crippen molar-refractivity contribution in [2.75, 3.05) is 4.90 Å². The predicted molar refractivity (Wildman–Crippen MR) is 134 cm³/mol. The monoisotopic (exact) mass is 447 g/mol. The zero-order valence-corrected chi connectivity index (χ0v) is 18.6.